The summed E-state index contributed by atoms with van der Waals surface area (Å²) < 4.78 is 11.5. The van der Waals surface area contributed by atoms with Gasteiger partial charge in [-0.2, -0.15) is 0 Å². The highest BCUT2D eigenvalue weighted by Crippen LogP contribution is 2.48. The van der Waals surface area contributed by atoms with E-state index in [0.717, 1.165) is 43.0 Å². The largest absolute Gasteiger partial charge is 0.496 e. The monoisotopic (exact) mass is 368 g/mol. The Bertz CT molecular complexity index is 799. The number of piperidine rings is 3. The maximum Gasteiger partial charge on any atom is 0.230 e. The molecule has 0 radical (unpaired) electrons. The lowest BCUT2D eigenvalue weighted by Crippen LogP contribution is -2.60. The van der Waals surface area contributed by atoms with E-state index in [0.29, 0.717) is 18.0 Å². The van der Waals surface area contributed by atoms with Gasteiger partial charge < -0.3 is 9.15 Å². The van der Waals surface area contributed by atoms with Crippen molar-refractivity contribution in [1.29, 1.82) is 0 Å². The van der Waals surface area contributed by atoms with Crippen molar-refractivity contribution < 1.29 is 9.15 Å². The number of aryl methyl sites for hydroxylation is 1. The molecule has 0 aliphatic carbocycles. The smallest absolute Gasteiger partial charge is 0.230 e. The average Bonchev–Trinajstić information content (AvgIpc) is 3.35. The van der Waals surface area contributed by atoms with Gasteiger partial charge in [0, 0.05) is 36.5 Å². The van der Waals surface area contributed by atoms with Crippen molar-refractivity contribution >= 4 is 0 Å². The van der Waals surface area contributed by atoms with E-state index in [-0.39, 0.29) is 0 Å². The lowest BCUT2D eigenvalue weighted by molar-refractivity contribution is -0.0107. The van der Waals surface area contributed by atoms with Crippen LogP contribution in [0.5, 0.6) is 5.75 Å². The molecule has 6 rings (SSSR count). The Hall–Kier alpha value is -1.92. The van der Waals surface area contributed by atoms with Gasteiger partial charge in [0.05, 0.1) is 13.7 Å². The second kappa shape index (κ2) is 6.91. The Morgan fingerprint density at radius 3 is 2.63 bits per heavy atom. The van der Waals surface area contributed by atoms with E-state index in [1.807, 2.05) is 6.92 Å². The summed E-state index contributed by atoms with van der Waals surface area (Å²) in [5.41, 5.74) is 1.34. The molecule has 0 unspecified atom stereocenters. The van der Waals surface area contributed by atoms with Gasteiger partial charge in [-0.25, -0.2) is 0 Å². The summed E-state index contributed by atoms with van der Waals surface area (Å²) in [5.74, 6) is 3.73. The van der Waals surface area contributed by atoms with Gasteiger partial charge in [-0.05, 0) is 37.9 Å². The summed E-state index contributed by atoms with van der Waals surface area (Å²) in [5, 5.41) is 8.44. The van der Waals surface area contributed by atoms with Crippen molar-refractivity contribution in [3.05, 3.63) is 41.6 Å². The van der Waals surface area contributed by atoms with Crippen molar-refractivity contribution in [2.75, 3.05) is 26.7 Å². The van der Waals surface area contributed by atoms with E-state index in [4.69, 9.17) is 9.15 Å². The first-order chi connectivity index (χ1) is 13.3. The van der Waals surface area contributed by atoms with E-state index < -0.39 is 0 Å². The normalized spacial score (nSPS) is 32.6. The molecule has 4 aliphatic heterocycles. The number of hydrogen-bond donors (Lipinski definition) is 0. The predicted octanol–water partition coefficient (Wildman–Crippen LogP) is 2.70. The Morgan fingerprint density at radius 2 is 1.89 bits per heavy atom. The second-order valence-electron chi connectivity index (χ2n) is 8.08. The number of fused-ring (bicyclic) bond motifs is 2. The zero-order valence-corrected chi connectivity index (χ0v) is 16.2. The minimum absolute atomic E-state index is 0.461. The van der Waals surface area contributed by atoms with Crippen LogP contribution in [0.15, 0.2) is 28.7 Å². The molecule has 2 bridgehead atoms. The van der Waals surface area contributed by atoms with Gasteiger partial charge in [-0.3, -0.25) is 9.80 Å². The second-order valence-corrected chi connectivity index (χ2v) is 8.08. The highest BCUT2D eigenvalue weighted by molar-refractivity contribution is 5.39. The number of methoxy groups -OCH3 is 1. The first kappa shape index (κ1) is 17.2. The van der Waals surface area contributed by atoms with E-state index in [1.165, 1.54) is 31.5 Å². The fraction of sp³-hybridized carbons (Fsp3) is 0.619. The zero-order valence-electron chi connectivity index (χ0n) is 16.2. The minimum Gasteiger partial charge on any atom is -0.496 e. The van der Waals surface area contributed by atoms with Crippen LogP contribution in [0.3, 0.4) is 0 Å². The maximum absolute atomic E-state index is 5.84. The van der Waals surface area contributed by atoms with Gasteiger partial charge in [-0.1, -0.05) is 25.1 Å². The summed E-state index contributed by atoms with van der Waals surface area (Å²) in [4.78, 5) is 5.32. The number of nitrogens with zero attached hydrogens (tertiary/aromatic N) is 4. The van der Waals surface area contributed by atoms with E-state index >= 15 is 0 Å². The van der Waals surface area contributed by atoms with Crippen molar-refractivity contribution in [1.82, 2.24) is 20.0 Å². The molecule has 4 fully saturated rings. The maximum atomic E-state index is 5.84. The van der Waals surface area contributed by atoms with Crippen LogP contribution in [0.25, 0.3) is 0 Å². The van der Waals surface area contributed by atoms with Crippen molar-refractivity contribution in [3.8, 4) is 5.75 Å². The van der Waals surface area contributed by atoms with E-state index in [2.05, 4.69) is 44.3 Å². The van der Waals surface area contributed by atoms with Crippen molar-refractivity contribution in [3.63, 3.8) is 0 Å². The summed E-state index contributed by atoms with van der Waals surface area (Å²) >= 11 is 0. The molecule has 6 nitrogen and oxygen atoms in total. The van der Waals surface area contributed by atoms with Crippen LogP contribution in [0.4, 0.5) is 0 Å². The number of benzene rings is 1. The lowest BCUT2D eigenvalue weighted by atomic mass is 9.75. The van der Waals surface area contributed by atoms with Crippen LogP contribution in [-0.2, 0) is 13.0 Å². The van der Waals surface area contributed by atoms with E-state index in [1.54, 1.807) is 7.11 Å². The van der Waals surface area contributed by atoms with Gasteiger partial charge in [0.1, 0.15) is 5.75 Å². The first-order valence-electron chi connectivity index (χ1n) is 10.2. The molecule has 6 heteroatoms. The summed E-state index contributed by atoms with van der Waals surface area (Å²) in [7, 11) is 1.78. The van der Waals surface area contributed by atoms with E-state index in [9.17, 15) is 0 Å². The summed E-state index contributed by atoms with van der Waals surface area (Å²) in [6.45, 7) is 6.28. The van der Waals surface area contributed by atoms with Crippen molar-refractivity contribution in [2.45, 2.75) is 50.7 Å². The Kier molecular flexibility index (Phi) is 4.40. The van der Waals surface area contributed by atoms with Crippen LogP contribution in [-0.4, -0.2) is 58.8 Å². The molecular weight excluding hydrogens is 340 g/mol. The van der Waals surface area contributed by atoms with Gasteiger partial charge in [0.2, 0.25) is 11.8 Å². The molecule has 2 aromatic rings. The van der Waals surface area contributed by atoms with Crippen LogP contribution in [0.1, 0.15) is 43.0 Å². The highest BCUT2D eigenvalue weighted by Gasteiger charge is 2.53. The Labute approximate surface area is 160 Å². The van der Waals surface area contributed by atoms with Gasteiger partial charge in [0.15, 0.2) is 0 Å². The zero-order chi connectivity index (χ0) is 18.4. The summed E-state index contributed by atoms with van der Waals surface area (Å²) in [6, 6.07) is 9.66. The number of para-hydroxylation sites is 1. The molecule has 3 atom stereocenters. The molecule has 0 spiro atoms. The van der Waals surface area contributed by atoms with Crippen LogP contribution >= 0.6 is 0 Å². The standard InChI is InChI=1S/C21H28N4O2/c1-3-18-22-23-19(27-18)13-25-12-16(15-6-4-5-7-17(15)26-2)21-20(25)14-8-10-24(21)11-9-14/h4-7,14,16,20-21H,3,8-13H2,1-2H3/t16-,20+,21+/m0/s1. The third-order valence-corrected chi connectivity index (χ3v) is 6.78. The Morgan fingerprint density at radius 1 is 1.11 bits per heavy atom. The third-order valence-electron chi connectivity index (χ3n) is 6.78. The molecule has 1 aromatic heterocycles. The molecule has 0 saturated carbocycles. The SMILES string of the molecule is CCc1nnc(CN2C[C@@H](c3ccccc3OC)[C@@H]3[C@H]2C2CCN3CC2)o1. The van der Waals surface area contributed by atoms with Gasteiger partial charge >= 0.3 is 0 Å². The quantitative estimate of drug-likeness (QED) is 0.809. The van der Waals surface area contributed by atoms with Crippen molar-refractivity contribution in [2.24, 2.45) is 5.92 Å². The molecule has 144 valence electrons. The molecule has 5 heterocycles. The van der Waals surface area contributed by atoms with Crippen LogP contribution in [0, 0.1) is 5.92 Å². The Balaban J connectivity index is 1.48. The summed E-state index contributed by atoms with van der Waals surface area (Å²) in [6.07, 6.45) is 3.40. The lowest BCUT2D eigenvalue weighted by Gasteiger charge is -2.51. The molecule has 27 heavy (non-hydrogen) atoms. The van der Waals surface area contributed by atoms with Gasteiger partial charge in [-0.15, -0.1) is 10.2 Å². The average molecular weight is 368 g/mol. The number of aromatic nitrogens is 2. The topological polar surface area (TPSA) is 54.6 Å². The fourth-order valence-corrected chi connectivity index (χ4v) is 5.64. The fourth-order valence-electron chi connectivity index (χ4n) is 5.64. The third kappa shape index (κ3) is 2.86. The van der Waals surface area contributed by atoms with Gasteiger partial charge in [0.25, 0.3) is 0 Å². The number of hydrogen-bond acceptors (Lipinski definition) is 6. The predicted molar refractivity (Wildman–Crippen MR) is 102 cm³/mol. The minimum atomic E-state index is 0.461. The number of ether oxygens (including phenoxy) is 1. The first-order valence-corrected chi connectivity index (χ1v) is 10.2. The molecule has 4 aliphatic rings. The van der Waals surface area contributed by atoms with Crippen LogP contribution in [0.2, 0.25) is 0 Å². The molecule has 0 amide bonds. The molecule has 1 aromatic carbocycles. The molecule has 0 N–H and O–H groups in total. The molecular formula is C21H28N4O2. The van der Waals surface area contributed by atoms with Crippen LogP contribution < -0.4 is 4.74 Å². The number of likely N-dealkylation sites (tertiary alicyclic amines) is 1. The molecule has 4 saturated heterocycles. The highest BCUT2D eigenvalue weighted by atomic mass is 16.5. The number of rotatable bonds is 5.